The van der Waals surface area contributed by atoms with Crippen LogP contribution in [0.15, 0.2) is 35.4 Å². The molecular weight excluding hydrogens is 254 g/mol. The molecule has 0 radical (unpaired) electrons. The molecule has 102 valence electrons. The summed E-state index contributed by atoms with van der Waals surface area (Å²) in [4.78, 5) is 12.2. The number of nitrogens with zero attached hydrogens (tertiary/aromatic N) is 3. The minimum atomic E-state index is 0.0239. The fourth-order valence-electron chi connectivity index (χ4n) is 2.30. The van der Waals surface area contributed by atoms with Gasteiger partial charge in [-0.05, 0) is 30.5 Å². The van der Waals surface area contributed by atoms with Crippen molar-refractivity contribution < 1.29 is 4.74 Å². The molecule has 2 aromatic rings. The molecule has 1 saturated carbocycles. The predicted molar refractivity (Wildman–Crippen MR) is 73.8 cm³/mol. The summed E-state index contributed by atoms with van der Waals surface area (Å²) in [5.41, 5.74) is 1.46. The van der Waals surface area contributed by atoms with Gasteiger partial charge in [-0.15, -0.1) is 0 Å². The van der Waals surface area contributed by atoms with Gasteiger partial charge in [0.2, 0.25) is 0 Å². The molecule has 0 spiro atoms. The van der Waals surface area contributed by atoms with Crippen molar-refractivity contribution in [1.29, 1.82) is 5.26 Å². The van der Waals surface area contributed by atoms with E-state index in [1.54, 1.807) is 21.3 Å². The summed E-state index contributed by atoms with van der Waals surface area (Å²) in [6, 6.07) is 7.84. The normalized spacial score (nSPS) is 14.0. The molecule has 20 heavy (non-hydrogen) atoms. The Hall–Kier alpha value is -2.48. The highest BCUT2D eigenvalue weighted by molar-refractivity contribution is 5.45. The Morgan fingerprint density at radius 1 is 1.40 bits per heavy atom. The molecule has 1 fully saturated rings. The molecule has 1 aromatic heterocycles. The zero-order chi connectivity index (χ0) is 14.1. The Balaban J connectivity index is 1.88. The highest BCUT2D eigenvalue weighted by Gasteiger charge is 2.25. The first-order valence-corrected chi connectivity index (χ1v) is 6.57. The van der Waals surface area contributed by atoms with Crippen molar-refractivity contribution in [2.24, 2.45) is 0 Å². The van der Waals surface area contributed by atoms with E-state index in [4.69, 9.17) is 10.00 Å². The number of rotatable bonds is 4. The molecule has 0 bridgehead atoms. The van der Waals surface area contributed by atoms with E-state index in [0.29, 0.717) is 23.9 Å². The third-order valence-electron chi connectivity index (χ3n) is 3.55. The maximum Gasteiger partial charge on any atom is 0.328 e. The molecule has 0 atom stereocenters. The van der Waals surface area contributed by atoms with E-state index >= 15 is 0 Å². The Morgan fingerprint density at radius 2 is 2.20 bits per heavy atom. The van der Waals surface area contributed by atoms with Crippen LogP contribution in [-0.4, -0.2) is 16.2 Å². The van der Waals surface area contributed by atoms with Gasteiger partial charge in [0.25, 0.3) is 0 Å². The highest BCUT2D eigenvalue weighted by atomic mass is 16.5. The zero-order valence-corrected chi connectivity index (χ0v) is 11.2. The largest absolute Gasteiger partial charge is 0.495 e. The fraction of sp³-hybridized carbons (Fsp3) is 0.333. The van der Waals surface area contributed by atoms with Gasteiger partial charge in [0, 0.05) is 18.4 Å². The van der Waals surface area contributed by atoms with Gasteiger partial charge < -0.3 is 4.74 Å². The lowest BCUT2D eigenvalue weighted by atomic mass is 10.1. The Kier molecular flexibility index (Phi) is 3.07. The number of aromatic nitrogens is 2. The molecule has 3 rings (SSSR count). The minimum Gasteiger partial charge on any atom is -0.495 e. The van der Waals surface area contributed by atoms with Gasteiger partial charge >= 0.3 is 5.69 Å². The third-order valence-corrected chi connectivity index (χ3v) is 3.55. The van der Waals surface area contributed by atoms with Crippen LogP contribution in [0.3, 0.4) is 0 Å². The number of hydrogen-bond acceptors (Lipinski definition) is 3. The van der Waals surface area contributed by atoms with Crippen LogP contribution in [0.4, 0.5) is 0 Å². The summed E-state index contributed by atoms with van der Waals surface area (Å²) in [5.74, 6) is 0.541. The summed E-state index contributed by atoms with van der Waals surface area (Å²) < 4.78 is 8.66. The number of hydrogen-bond donors (Lipinski definition) is 0. The molecule has 1 aromatic carbocycles. The van der Waals surface area contributed by atoms with Gasteiger partial charge in [-0.25, -0.2) is 4.79 Å². The van der Waals surface area contributed by atoms with E-state index < -0.39 is 0 Å². The van der Waals surface area contributed by atoms with Crippen LogP contribution in [0.1, 0.15) is 30.0 Å². The number of nitriles is 1. The first-order valence-electron chi connectivity index (χ1n) is 6.57. The maximum atomic E-state index is 12.2. The monoisotopic (exact) mass is 269 g/mol. The lowest BCUT2D eigenvalue weighted by Crippen LogP contribution is -2.23. The van der Waals surface area contributed by atoms with Crippen molar-refractivity contribution in [1.82, 2.24) is 9.13 Å². The van der Waals surface area contributed by atoms with Crippen LogP contribution in [0.25, 0.3) is 0 Å². The smallest absolute Gasteiger partial charge is 0.328 e. The Bertz CT molecular complexity index is 732. The SMILES string of the molecule is COc1cc(Cn2ccn(C3CC3)c2=O)ccc1C#N. The fourth-order valence-corrected chi connectivity index (χ4v) is 2.30. The molecule has 1 aliphatic carbocycles. The van der Waals surface area contributed by atoms with Crippen molar-refractivity contribution in [2.75, 3.05) is 7.11 Å². The first-order chi connectivity index (χ1) is 9.72. The van der Waals surface area contributed by atoms with Crippen LogP contribution >= 0.6 is 0 Å². The van der Waals surface area contributed by atoms with Crippen molar-refractivity contribution in [3.8, 4) is 11.8 Å². The minimum absolute atomic E-state index is 0.0239. The maximum absolute atomic E-state index is 12.2. The van der Waals surface area contributed by atoms with E-state index in [-0.39, 0.29) is 5.69 Å². The topological polar surface area (TPSA) is 59.9 Å². The Labute approximate surface area is 116 Å². The Morgan fingerprint density at radius 3 is 2.85 bits per heavy atom. The second-order valence-corrected chi connectivity index (χ2v) is 4.99. The molecular formula is C15H15N3O2. The number of methoxy groups -OCH3 is 1. The van der Waals surface area contributed by atoms with E-state index in [0.717, 1.165) is 18.4 Å². The van der Waals surface area contributed by atoms with Crippen LogP contribution in [-0.2, 0) is 6.54 Å². The summed E-state index contributed by atoms with van der Waals surface area (Å²) in [7, 11) is 1.54. The lowest BCUT2D eigenvalue weighted by molar-refractivity contribution is 0.412. The molecule has 1 heterocycles. The molecule has 0 amide bonds. The standard InChI is InChI=1S/C15H15N3O2/c1-20-14-8-11(2-3-12(14)9-16)10-17-6-7-18(15(17)19)13-4-5-13/h2-3,6-8,13H,4-5,10H2,1H3. The van der Waals surface area contributed by atoms with E-state index in [1.807, 2.05) is 18.5 Å². The number of benzene rings is 1. The molecule has 1 aliphatic rings. The van der Waals surface area contributed by atoms with Gasteiger partial charge in [-0.2, -0.15) is 5.26 Å². The molecule has 5 heteroatoms. The van der Waals surface area contributed by atoms with Crippen molar-refractivity contribution in [3.05, 3.63) is 52.2 Å². The van der Waals surface area contributed by atoms with E-state index in [2.05, 4.69) is 6.07 Å². The average molecular weight is 269 g/mol. The number of imidazole rings is 1. The van der Waals surface area contributed by atoms with Gasteiger partial charge in [-0.1, -0.05) is 6.07 Å². The van der Waals surface area contributed by atoms with Crippen LogP contribution in [0.5, 0.6) is 5.75 Å². The second-order valence-electron chi connectivity index (χ2n) is 4.99. The van der Waals surface area contributed by atoms with E-state index in [9.17, 15) is 4.79 Å². The summed E-state index contributed by atoms with van der Waals surface area (Å²) in [5, 5.41) is 8.96. The number of ether oxygens (including phenoxy) is 1. The summed E-state index contributed by atoms with van der Waals surface area (Å²) in [6.07, 6.45) is 5.84. The first kappa shape index (κ1) is 12.5. The van der Waals surface area contributed by atoms with Gasteiger partial charge in [0.1, 0.15) is 11.8 Å². The zero-order valence-electron chi connectivity index (χ0n) is 11.2. The van der Waals surface area contributed by atoms with Crippen LogP contribution in [0, 0.1) is 11.3 Å². The molecule has 0 saturated heterocycles. The summed E-state index contributed by atoms with van der Waals surface area (Å²) in [6.45, 7) is 0.487. The summed E-state index contributed by atoms with van der Waals surface area (Å²) >= 11 is 0. The van der Waals surface area contributed by atoms with E-state index in [1.165, 1.54) is 7.11 Å². The quantitative estimate of drug-likeness (QED) is 0.852. The van der Waals surface area contributed by atoms with Crippen molar-refractivity contribution in [3.63, 3.8) is 0 Å². The van der Waals surface area contributed by atoms with Crippen LogP contribution < -0.4 is 10.4 Å². The van der Waals surface area contributed by atoms with Gasteiger partial charge in [0.15, 0.2) is 0 Å². The van der Waals surface area contributed by atoms with Crippen molar-refractivity contribution in [2.45, 2.75) is 25.4 Å². The second kappa shape index (κ2) is 4.89. The van der Waals surface area contributed by atoms with Crippen LogP contribution in [0.2, 0.25) is 0 Å². The van der Waals surface area contributed by atoms with Gasteiger partial charge in [0.05, 0.1) is 19.2 Å². The highest BCUT2D eigenvalue weighted by Crippen LogP contribution is 2.33. The molecule has 0 N–H and O–H groups in total. The van der Waals surface area contributed by atoms with Crippen molar-refractivity contribution >= 4 is 0 Å². The molecule has 0 unspecified atom stereocenters. The lowest BCUT2D eigenvalue weighted by Gasteiger charge is -2.06. The third kappa shape index (κ3) is 2.21. The molecule has 0 aliphatic heterocycles. The predicted octanol–water partition coefficient (Wildman–Crippen LogP) is 1.91. The van der Waals surface area contributed by atoms with Gasteiger partial charge in [-0.3, -0.25) is 9.13 Å². The molecule has 5 nitrogen and oxygen atoms in total. The average Bonchev–Trinajstić information content (AvgIpc) is 3.25.